The predicted octanol–water partition coefficient (Wildman–Crippen LogP) is 2.45. The number of fused-ring (bicyclic) bond motifs is 1. The van der Waals surface area contributed by atoms with Gasteiger partial charge in [0.2, 0.25) is 5.91 Å². The van der Waals surface area contributed by atoms with Crippen LogP contribution in [0.4, 0.5) is 10.5 Å². The van der Waals surface area contributed by atoms with E-state index in [2.05, 4.69) is 47.7 Å². The van der Waals surface area contributed by atoms with Gasteiger partial charge in [-0.1, -0.05) is 26.0 Å². The molecule has 1 fully saturated rings. The molecule has 6 nitrogen and oxygen atoms in total. The average molecular weight is 344 g/mol. The summed E-state index contributed by atoms with van der Waals surface area (Å²) in [6.45, 7) is 8.67. The van der Waals surface area contributed by atoms with E-state index in [1.807, 2.05) is 12.1 Å². The van der Waals surface area contributed by atoms with Crippen LogP contribution < -0.4 is 16.0 Å². The van der Waals surface area contributed by atoms with Crippen LogP contribution >= 0.6 is 0 Å². The van der Waals surface area contributed by atoms with Gasteiger partial charge in [0.05, 0.1) is 6.54 Å². The van der Waals surface area contributed by atoms with Gasteiger partial charge in [0.1, 0.15) is 0 Å². The Labute approximate surface area is 149 Å². The molecule has 3 rings (SSSR count). The van der Waals surface area contributed by atoms with Crippen LogP contribution in [0.25, 0.3) is 0 Å². The topological polar surface area (TPSA) is 73.5 Å². The highest BCUT2D eigenvalue weighted by Gasteiger charge is 2.27. The third kappa shape index (κ3) is 4.51. The molecule has 0 spiro atoms. The van der Waals surface area contributed by atoms with Crippen molar-refractivity contribution in [2.45, 2.75) is 58.8 Å². The van der Waals surface area contributed by atoms with Gasteiger partial charge in [0.15, 0.2) is 0 Å². The Bertz CT molecular complexity index is 655. The van der Waals surface area contributed by atoms with Crippen molar-refractivity contribution in [1.82, 2.24) is 15.5 Å². The average Bonchev–Trinajstić information content (AvgIpc) is 3.25. The molecule has 2 aliphatic rings. The standard InChI is InChI=1S/C19H28N4O2/c1-12(2)13(3)23-10-14-5-4-6-17(16(14)11-23)20-9-18(24)22-19(25)21-15-7-8-15/h4-6,12-13,15,20H,7-11H2,1-3H3,(H2,21,22,24,25). The number of hydrogen-bond acceptors (Lipinski definition) is 4. The van der Waals surface area contributed by atoms with E-state index in [0.717, 1.165) is 31.6 Å². The normalized spacial score (nSPS) is 17.9. The van der Waals surface area contributed by atoms with Crippen molar-refractivity contribution in [3.63, 3.8) is 0 Å². The summed E-state index contributed by atoms with van der Waals surface area (Å²) in [4.78, 5) is 26.0. The number of rotatable bonds is 6. The zero-order chi connectivity index (χ0) is 18.0. The van der Waals surface area contributed by atoms with E-state index in [1.54, 1.807) is 0 Å². The lowest BCUT2D eigenvalue weighted by Gasteiger charge is -2.27. The zero-order valence-electron chi connectivity index (χ0n) is 15.3. The first-order valence-electron chi connectivity index (χ1n) is 9.13. The molecule has 1 saturated carbocycles. The molecule has 0 aromatic heterocycles. The smallest absolute Gasteiger partial charge is 0.321 e. The second-order valence-corrected chi connectivity index (χ2v) is 7.48. The third-order valence-electron chi connectivity index (χ3n) is 5.15. The Morgan fingerprint density at radius 2 is 1.96 bits per heavy atom. The minimum Gasteiger partial charge on any atom is -0.376 e. The van der Waals surface area contributed by atoms with Gasteiger partial charge in [-0.15, -0.1) is 0 Å². The summed E-state index contributed by atoms with van der Waals surface area (Å²) in [6.07, 6.45) is 2.00. The van der Waals surface area contributed by atoms with Gasteiger partial charge in [0, 0.05) is 30.9 Å². The van der Waals surface area contributed by atoms with Gasteiger partial charge in [-0.2, -0.15) is 0 Å². The van der Waals surface area contributed by atoms with E-state index in [4.69, 9.17) is 0 Å². The van der Waals surface area contributed by atoms with Crippen molar-refractivity contribution >= 4 is 17.6 Å². The van der Waals surface area contributed by atoms with Crippen molar-refractivity contribution in [3.05, 3.63) is 29.3 Å². The maximum atomic E-state index is 11.9. The first-order valence-corrected chi connectivity index (χ1v) is 9.13. The molecule has 1 aliphatic heterocycles. The molecule has 0 bridgehead atoms. The molecule has 25 heavy (non-hydrogen) atoms. The Morgan fingerprint density at radius 3 is 2.64 bits per heavy atom. The largest absolute Gasteiger partial charge is 0.376 e. The number of nitrogens with one attached hydrogen (secondary N) is 3. The van der Waals surface area contributed by atoms with E-state index < -0.39 is 6.03 Å². The lowest BCUT2D eigenvalue weighted by Crippen LogP contribution is -2.42. The van der Waals surface area contributed by atoms with Crippen molar-refractivity contribution < 1.29 is 9.59 Å². The van der Waals surface area contributed by atoms with E-state index in [9.17, 15) is 9.59 Å². The highest BCUT2D eigenvalue weighted by molar-refractivity contribution is 5.96. The Hall–Kier alpha value is -2.08. The fourth-order valence-corrected chi connectivity index (χ4v) is 3.12. The summed E-state index contributed by atoms with van der Waals surface area (Å²) in [5, 5.41) is 8.31. The first kappa shape index (κ1) is 17.7. The molecule has 1 aliphatic carbocycles. The van der Waals surface area contributed by atoms with Gasteiger partial charge >= 0.3 is 6.03 Å². The number of nitrogens with zero attached hydrogens (tertiary/aromatic N) is 1. The Morgan fingerprint density at radius 1 is 1.20 bits per heavy atom. The van der Waals surface area contributed by atoms with Gasteiger partial charge in [0.25, 0.3) is 0 Å². The van der Waals surface area contributed by atoms with Crippen LogP contribution in [0.3, 0.4) is 0 Å². The van der Waals surface area contributed by atoms with Crippen LogP contribution in [-0.4, -0.2) is 35.5 Å². The minimum absolute atomic E-state index is 0.0915. The summed E-state index contributed by atoms with van der Waals surface area (Å²) in [5.74, 6) is 0.280. The molecule has 1 unspecified atom stereocenters. The van der Waals surface area contributed by atoms with Crippen molar-refractivity contribution in [3.8, 4) is 0 Å². The number of anilines is 1. The van der Waals surface area contributed by atoms with E-state index >= 15 is 0 Å². The molecule has 6 heteroatoms. The summed E-state index contributed by atoms with van der Waals surface area (Å²) in [5.41, 5.74) is 3.54. The molecular weight excluding hydrogens is 316 g/mol. The summed E-state index contributed by atoms with van der Waals surface area (Å²) < 4.78 is 0. The summed E-state index contributed by atoms with van der Waals surface area (Å²) in [6, 6.07) is 6.52. The van der Waals surface area contributed by atoms with Gasteiger partial charge in [-0.05, 0) is 42.9 Å². The second kappa shape index (κ2) is 7.44. The van der Waals surface area contributed by atoms with Gasteiger partial charge < -0.3 is 10.6 Å². The molecule has 0 saturated heterocycles. The number of imide groups is 1. The fraction of sp³-hybridized carbons (Fsp3) is 0.579. The first-order chi connectivity index (χ1) is 11.9. The number of hydrogen-bond donors (Lipinski definition) is 3. The third-order valence-corrected chi connectivity index (χ3v) is 5.15. The highest BCUT2D eigenvalue weighted by atomic mass is 16.2. The Kier molecular flexibility index (Phi) is 5.27. The molecule has 1 heterocycles. The molecule has 3 N–H and O–H groups in total. The highest BCUT2D eigenvalue weighted by Crippen LogP contribution is 2.31. The van der Waals surface area contributed by atoms with Crippen LogP contribution in [-0.2, 0) is 17.9 Å². The number of carbonyl (C=O) groups excluding carboxylic acids is 2. The SMILES string of the molecule is CC(C)C(C)N1Cc2cccc(NCC(=O)NC(=O)NC3CC3)c2C1. The van der Waals surface area contributed by atoms with Crippen LogP contribution in [0, 0.1) is 5.92 Å². The monoisotopic (exact) mass is 344 g/mol. The van der Waals surface area contributed by atoms with Gasteiger partial charge in [-0.3, -0.25) is 15.0 Å². The van der Waals surface area contributed by atoms with Crippen molar-refractivity contribution in [2.24, 2.45) is 5.92 Å². The van der Waals surface area contributed by atoms with E-state index in [-0.39, 0.29) is 18.5 Å². The quantitative estimate of drug-likeness (QED) is 0.741. The lowest BCUT2D eigenvalue weighted by atomic mass is 10.1. The number of urea groups is 1. The van der Waals surface area contributed by atoms with E-state index in [1.165, 1.54) is 11.1 Å². The molecule has 1 aromatic carbocycles. The molecular formula is C19H28N4O2. The Balaban J connectivity index is 1.55. The number of amides is 3. The lowest BCUT2D eigenvalue weighted by molar-refractivity contribution is -0.118. The molecule has 136 valence electrons. The van der Waals surface area contributed by atoms with Crippen LogP contribution in [0.2, 0.25) is 0 Å². The van der Waals surface area contributed by atoms with Crippen LogP contribution in [0.15, 0.2) is 18.2 Å². The van der Waals surface area contributed by atoms with Crippen LogP contribution in [0.1, 0.15) is 44.7 Å². The fourth-order valence-electron chi connectivity index (χ4n) is 3.12. The van der Waals surface area contributed by atoms with Gasteiger partial charge in [-0.25, -0.2) is 4.79 Å². The predicted molar refractivity (Wildman–Crippen MR) is 98.2 cm³/mol. The molecule has 3 amide bonds. The summed E-state index contributed by atoms with van der Waals surface area (Å²) >= 11 is 0. The van der Waals surface area contributed by atoms with Crippen molar-refractivity contribution in [2.75, 3.05) is 11.9 Å². The molecule has 0 radical (unpaired) electrons. The maximum Gasteiger partial charge on any atom is 0.321 e. The minimum atomic E-state index is -0.399. The molecule has 1 atom stereocenters. The van der Waals surface area contributed by atoms with Crippen molar-refractivity contribution in [1.29, 1.82) is 0 Å². The number of benzene rings is 1. The van der Waals surface area contributed by atoms with Crippen LogP contribution in [0.5, 0.6) is 0 Å². The van der Waals surface area contributed by atoms with E-state index in [0.29, 0.717) is 12.0 Å². The molecule has 1 aromatic rings. The number of carbonyl (C=O) groups is 2. The zero-order valence-corrected chi connectivity index (χ0v) is 15.3. The summed E-state index contributed by atoms with van der Waals surface area (Å²) in [7, 11) is 0. The second-order valence-electron chi connectivity index (χ2n) is 7.48. The maximum absolute atomic E-state index is 11.9.